The van der Waals surface area contributed by atoms with Gasteiger partial charge in [-0.05, 0) is 54.6 Å². The molecule has 0 bridgehead atoms. The van der Waals surface area contributed by atoms with Gasteiger partial charge in [-0.3, -0.25) is 0 Å². The summed E-state index contributed by atoms with van der Waals surface area (Å²) in [4.78, 5) is 14.3. The SMILES string of the molecule is C=CCCCN(C)c1nc(F)nc(Nc2ccc(SOOO)c(N=Nc3c(N)ccc4cc(SOOO)cc(O)c34)c2)n1. The van der Waals surface area contributed by atoms with E-state index in [1.165, 1.54) is 12.1 Å². The standard InChI is InChI=1S/C25H25FN8O7S2/c1-3-4-5-10-34(2)25-30-23(26)29-24(31-25)28-15-7-9-20(43-41-39-37)18(12-15)32-33-22-17(27)8-6-14-11-16(42-40-38-36)13-19(35)21(14)22/h3,6-9,11-13,35-37H,1,4-5,10,27H2,2H3,(H,28,29,30,31). The second-order valence-electron chi connectivity index (χ2n) is 8.58. The lowest BCUT2D eigenvalue weighted by Crippen LogP contribution is -2.22. The Morgan fingerprint density at radius 2 is 1.86 bits per heavy atom. The highest BCUT2D eigenvalue weighted by molar-refractivity contribution is 7.94. The number of phenolic OH excluding ortho intramolecular Hbond substituents is 1. The van der Waals surface area contributed by atoms with E-state index in [2.05, 4.69) is 55.8 Å². The van der Waals surface area contributed by atoms with E-state index in [4.69, 9.17) is 16.2 Å². The topological polar surface area (TPSA) is 202 Å². The van der Waals surface area contributed by atoms with E-state index in [1.807, 2.05) is 0 Å². The molecule has 6 N–H and O–H groups in total. The Bertz CT molecular complexity index is 1620. The maximum Gasteiger partial charge on any atom is 0.315 e. The second-order valence-corrected chi connectivity index (χ2v) is 10.1. The molecule has 0 amide bonds. The molecule has 226 valence electrons. The number of nitrogen functional groups attached to an aromatic ring is 1. The highest BCUT2D eigenvalue weighted by Gasteiger charge is 2.15. The number of anilines is 4. The van der Waals surface area contributed by atoms with Gasteiger partial charge in [0.2, 0.25) is 11.9 Å². The summed E-state index contributed by atoms with van der Waals surface area (Å²) in [7, 11) is 1.74. The van der Waals surface area contributed by atoms with E-state index < -0.39 is 6.08 Å². The molecule has 0 atom stereocenters. The molecule has 0 fully saturated rings. The number of halogens is 1. The molecule has 43 heavy (non-hydrogen) atoms. The highest BCUT2D eigenvalue weighted by Crippen LogP contribution is 2.42. The van der Waals surface area contributed by atoms with Crippen LogP contribution in [-0.2, 0) is 18.7 Å². The third kappa shape index (κ3) is 8.46. The fraction of sp³-hybridized carbons (Fsp3) is 0.160. The molecule has 0 aliphatic heterocycles. The fourth-order valence-corrected chi connectivity index (χ4v) is 4.65. The van der Waals surface area contributed by atoms with Crippen LogP contribution in [0.3, 0.4) is 0 Å². The molecule has 0 unspecified atom stereocenters. The third-order valence-corrected chi connectivity index (χ3v) is 6.91. The number of nitrogens with one attached hydrogen (secondary N) is 1. The summed E-state index contributed by atoms with van der Waals surface area (Å²) in [5.41, 5.74) is 7.15. The van der Waals surface area contributed by atoms with Crippen LogP contribution < -0.4 is 16.0 Å². The molecule has 0 saturated carbocycles. The maximum absolute atomic E-state index is 14.3. The van der Waals surface area contributed by atoms with Crippen LogP contribution in [0.1, 0.15) is 12.8 Å². The summed E-state index contributed by atoms with van der Waals surface area (Å²) in [6.07, 6.45) is 2.40. The van der Waals surface area contributed by atoms with E-state index >= 15 is 0 Å². The lowest BCUT2D eigenvalue weighted by molar-refractivity contribution is -0.432. The van der Waals surface area contributed by atoms with Crippen molar-refractivity contribution < 1.29 is 38.8 Å². The van der Waals surface area contributed by atoms with Crippen molar-refractivity contribution in [3.05, 3.63) is 61.2 Å². The number of nitrogens with zero attached hydrogens (tertiary/aromatic N) is 6. The molecule has 3 aromatic carbocycles. The van der Waals surface area contributed by atoms with Gasteiger partial charge in [0, 0.05) is 24.2 Å². The summed E-state index contributed by atoms with van der Waals surface area (Å²) >= 11 is 1.31. The van der Waals surface area contributed by atoms with Crippen molar-refractivity contribution in [3.63, 3.8) is 0 Å². The Balaban J connectivity index is 1.67. The number of fused-ring (bicyclic) bond motifs is 1. The number of aromatic hydroxyl groups is 1. The molecule has 1 heterocycles. The molecule has 18 heteroatoms. The van der Waals surface area contributed by atoms with Crippen molar-refractivity contribution in [3.8, 4) is 5.75 Å². The second kappa shape index (κ2) is 15.4. The normalized spacial score (nSPS) is 11.3. The quantitative estimate of drug-likeness (QED) is 0.0173. The van der Waals surface area contributed by atoms with Crippen LogP contribution in [0.4, 0.5) is 39.0 Å². The van der Waals surface area contributed by atoms with Crippen molar-refractivity contribution in [2.24, 2.45) is 10.2 Å². The van der Waals surface area contributed by atoms with Crippen LogP contribution in [0.2, 0.25) is 0 Å². The molecule has 0 radical (unpaired) electrons. The summed E-state index contributed by atoms with van der Waals surface area (Å²) in [5.74, 6) is -0.0985. The number of benzene rings is 3. The van der Waals surface area contributed by atoms with E-state index in [-0.39, 0.29) is 34.7 Å². The van der Waals surface area contributed by atoms with Gasteiger partial charge in [0.1, 0.15) is 17.1 Å². The predicted molar refractivity (Wildman–Crippen MR) is 158 cm³/mol. The fourth-order valence-electron chi connectivity index (χ4n) is 3.79. The predicted octanol–water partition coefficient (Wildman–Crippen LogP) is 6.87. The number of phenols is 1. The zero-order valence-corrected chi connectivity index (χ0v) is 24.0. The Morgan fingerprint density at radius 1 is 1.07 bits per heavy atom. The van der Waals surface area contributed by atoms with Crippen molar-refractivity contribution in [1.82, 2.24) is 15.0 Å². The lowest BCUT2D eigenvalue weighted by atomic mass is 10.1. The molecule has 4 aromatic rings. The Labute approximate surface area is 252 Å². The van der Waals surface area contributed by atoms with Gasteiger partial charge in [0.15, 0.2) is 0 Å². The van der Waals surface area contributed by atoms with Crippen molar-refractivity contribution >= 4 is 69.5 Å². The van der Waals surface area contributed by atoms with Gasteiger partial charge in [0.05, 0.1) is 40.1 Å². The van der Waals surface area contributed by atoms with Crippen LogP contribution >= 0.6 is 24.1 Å². The summed E-state index contributed by atoms with van der Waals surface area (Å²) < 4.78 is 23.3. The number of nitrogens with two attached hydrogens (primary N) is 1. The van der Waals surface area contributed by atoms with Gasteiger partial charge in [-0.1, -0.05) is 22.2 Å². The minimum atomic E-state index is -0.966. The van der Waals surface area contributed by atoms with Crippen molar-refractivity contribution in [2.75, 3.05) is 29.5 Å². The van der Waals surface area contributed by atoms with Gasteiger partial charge < -0.3 is 21.1 Å². The van der Waals surface area contributed by atoms with E-state index in [0.717, 1.165) is 12.8 Å². The van der Waals surface area contributed by atoms with Gasteiger partial charge in [-0.15, -0.1) is 25.5 Å². The third-order valence-electron chi connectivity index (χ3n) is 5.70. The van der Waals surface area contributed by atoms with Crippen LogP contribution in [0.25, 0.3) is 10.8 Å². The minimum Gasteiger partial charge on any atom is -0.507 e. The first-order valence-corrected chi connectivity index (χ1v) is 13.7. The number of aromatic nitrogens is 3. The number of azo groups is 1. The van der Waals surface area contributed by atoms with E-state index in [0.29, 0.717) is 56.9 Å². The van der Waals surface area contributed by atoms with Crippen LogP contribution in [0.15, 0.2) is 75.1 Å². The van der Waals surface area contributed by atoms with Crippen LogP contribution in [0.5, 0.6) is 5.75 Å². The zero-order chi connectivity index (χ0) is 30.8. The van der Waals surface area contributed by atoms with Crippen LogP contribution in [0, 0.1) is 6.08 Å². The summed E-state index contributed by atoms with van der Waals surface area (Å²) in [6.45, 7) is 4.27. The van der Waals surface area contributed by atoms with Crippen LogP contribution in [-0.4, -0.2) is 44.2 Å². The van der Waals surface area contributed by atoms with Crippen molar-refractivity contribution in [1.29, 1.82) is 0 Å². The van der Waals surface area contributed by atoms with E-state index in [9.17, 15) is 9.50 Å². The number of hydrogen-bond donors (Lipinski definition) is 5. The molecule has 0 aliphatic carbocycles. The molecular weight excluding hydrogens is 607 g/mol. The highest BCUT2D eigenvalue weighted by atomic mass is 32.2. The lowest BCUT2D eigenvalue weighted by Gasteiger charge is -2.17. The van der Waals surface area contributed by atoms with Gasteiger partial charge >= 0.3 is 6.08 Å². The largest absolute Gasteiger partial charge is 0.507 e. The number of unbranched alkanes of at least 4 members (excludes halogenated alkanes) is 1. The molecule has 4 rings (SSSR count). The number of rotatable bonds is 15. The molecule has 1 aromatic heterocycles. The Morgan fingerprint density at radius 3 is 2.63 bits per heavy atom. The van der Waals surface area contributed by atoms with Gasteiger partial charge in [-0.25, -0.2) is 10.5 Å². The first-order valence-electron chi connectivity index (χ1n) is 12.2. The zero-order valence-electron chi connectivity index (χ0n) is 22.4. The smallest absolute Gasteiger partial charge is 0.315 e. The number of hydrogen-bond acceptors (Lipinski definition) is 17. The summed E-state index contributed by atoms with van der Waals surface area (Å²) in [5, 5.41) is 47.4. The van der Waals surface area contributed by atoms with Gasteiger partial charge in [-0.2, -0.15) is 19.3 Å². The average molecular weight is 633 g/mol. The molecule has 0 aliphatic rings. The molecule has 0 spiro atoms. The van der Waals surface area contributed by atoms with Crippen molar-refractivity contribution in [2.45, 2.75) is 22.6 Å². The molecule has 0 saturated heterocycles. The maximum atomic E-state index is 14.3. The molecular formula is C25H25FN8O7S2. The first kappa shape index (κ1) is 31.8. The number of allylic oxidation sites excluding steroid dienone is 1. The monoisotopic (exact) mass is 632 g/mol. The average Bonchev–Trinajstić information content (AvgIpc) is 2.99. The Kier molecular flexibility index (Phi) is 11.4. The van der Waals surface area contributed by atoms with Gasteiger partial charge in [0.25, 0.3) is 0 Å². The summed E-state index contributed by atoms with van der Waals surface area (Å²) in [6, 6.07) is 10.9. The Hall–Kier alpha value is -4.14. The first-order chi connectivity index (χ1) is 20.8. The molecule has 15 nitrogen and oxygen atoms in total. The minimum absolute atomic E-state index is 0.0521. The van der Waals surface area contributed by atoms with E-state index in [1.54, 1.807) is 48.4 Å².